The Morgan fingerprint density at radius 3 is 2.69 bits per heavy atom. The van der Waals surface area contributed by atoms with Crippen LogP contribution in [0.25, 0.3) is 27.9 Å². The van der Waals surface area contributed by atoms with Crippen molar-refractivity contribution in [1.82, 2.24) is 29.5 Å². The highest BCUT2D eigenvalue weighted by molar-refractivity contribution is 7.08. The Hall–Kier alpha value is -3.98. The van der Waals surface area contributed by atoms with Crippen molar-refractivity contribution in [3.8, 4) is 5.69 Å². The van der Waals surface area contributed by atoms with Gasteiger partial charge in [0.2, 0.25) is 5.95 Å². The Bertz CT molecular complexity index is 1340. The molecule has 0 fully saturated rings. The van der Waals surface area contributed by atoms with E-state index in [1.165, 1.54) is 0 Å². The predicted octanol–water partition coefficient (Wildman–Crippen LogP) is 4.54. The molecule has 5 rings (SSSR count). The number of anilines is 2. The summed E-state index contributed by atoms with van der Waals surface area (Å²) in [6.45, 7) is 9.41. The summed E-state index contributed by atoms with van der Waals surface area (Å²) in [6.07, 6.45) is 5.44. The first-order valence-corrected chi connectivity index (χ1v) is 11.1. The lowest BCUT2D eigenvalue weighted by molar-refractivity contribution is 0.889. The Kier molecular flexibility index (Phi) is 5.39. The van der Waals surface area contributed by atoms with E-state index >= 15 is 0 Å². The molecule has 0 saturated carbocycles. The van der Waals surface area contributed by atoms with Crippen molar-refractivity contribution >= 4 is 45.3 Å². The fourth-order valence-corrected chi connectivity index (χ4v) is 4.17. The topological polar surface area (TPSA) is 87.5 Å². The Balaban J connectivity index is 1.56. The molecule has 1 aromatic carbocycles. The fraction of sp³-hybridized carbons (Fsp3) is 0.130. The van der Waals surface area contributed by atoms with Gasteiger partial charge >= 0.3 is 0 Å². The maximum Gasteiger partial charge on any atom is 0.230 e. The van der Waals surface area contributed by atoms with Crippen LogP contribution in [0.4, 0.5) is 11.8 Å². The van der Waals surface area contributed by atoms with E-state index in [-0.39, 0.29) is 0 Å². The quantitative estimate of drug-likeness (QED) is 0.326. The smallest absolute Gasteiger partial charge is 0.230 e. The molecular formula is C23H22N8S. The first kappa shape index (κ1) is 20.0. The number of para-hydroxylation sites is 2. The zero-order chi connectivity index (χ0) is 21.9. The van der Waals surface area contributed by atoms with Gasteiger partial charge in [-0.05, 0) is 23.6 Å². The van der Waals surface area contributed by atoms with Crippen molar-refractivity contribution in [3.05, 3.63) is 78.6 Å². The lowest BCUT2D eigenvalue weighted by atomic mass is 10.3. The van der Waals surface area contributed by atoms with Crippen molar-refractivity contribution in [1.29, 1.82) is 0 Å². The summed E-state index contributed by atoms with van der Waals surface area (Å²) in [4.78, 5) is 24.2. The van der Waals surface area contributed by atoms with Gasteiger partial charge in [0.25, 0.3) is 0 Å². The van der Waals surface area contributed by atoms with Gasteiger partial charge < -0.3 is 15.2 Å². The Morgan fingerprint density at radius 2 is 1.94 bits per heavy atom. The van der Waals surface area contributed by atoms with Gasteiger partial charge in [0.15, 0.2) is 17.0 Å². The Labute approximate surface area is 189 Å². The van der Waals surface area contributed by atoms with E-state index in [0.717, 1.165) is 28.2 Å². The molecule has 9 heteroatoms. The molecule has 4 aromatic heterocycles. The van der Waals surface area contributed by atoms with Crippen molar-refractivity contribution in [3.63, 3.8) is 0 Å². The molecule has 0 saturated heterocycles. The summed E-state index contributed by atoms with van der Waals surface area (Å²) in [5, 5.41) is 7.51. The van der Waals surface area contributed by atoms with E-state index in [2.05, 4.69) is 38.8 Å². The number of aromatic amines is 1. The van der Waals surface area contributed by atoms with Crippen LogP contribution in [0.15, 0.2) is 72.7 Å². The van der Waals surface area contributed by atoms with E-state index in [0.29, 0.717) is 36.9 Å². The lowest BCUT2D eigenvalue weighted by Gasteiger charge is -2.20. The average molecular weight is 443 g/mol. The molecule has 4 heterocycles. The summed E-state index contributed by atoms with van der Waals surface area (Å²) in [5.74, 6) is 2.06. The van der Waals surface area contributed by atoms with Gasteiger partial charge in [-0.25, -0.2) is 9.97 Å². The normalized spacial score (nSPS) is 11.1. The zero-order valence-corrected chi connectivity index (χ0v) is 18.2. The number of aromatic nitrogens is 6. The third-order valence-electron chi connectivity index (χ3n) is 5.01. The van der Waals surface area contributed by atoms with Crippen LogP contribution in [0.2, 0.25) is 0 Å². The number of hydrogen-bond donors (Lipinski definition) is 2. The number of nitrogens with zero attached hydrogens (tertiary/aromatic N) is 6. The van der Waals surface area contributed by atoms with E-state index in [9.17, 15) is 0 Å². The molecule has 8 nitrogen and oxygen atoms in total. The van der Waals surface area contributed by atoms with Gasteiger partial charge in [0, 0.05) is 18.5 Å². The van der Waals surface area contributed by atoms with Crippen LogP contribution in [0, 0.1) is 0 Å². The van der Waals surface area contributed by atoms with Crippen LogP contribution < -0.4 is 10.2 Å². The van der Waals surface area contributed by atoms with Crippen LogP contribution in [-0.4, -0.2) is 42.6 Å². The first-order valence-electron chi connectivity index (χ1n) is 10.2. The summed E-state index contributed by atoms with van der Waals surface area (Å²) >= 11 is 1.63. The number of fused-ring (bicyclic) bond motifs is 2. The largest absolute Gasteiger partial charge is 0.361 e. The molecule has 32 heavy (non-hydrogen) atoms. The minimum absolute atomic E-state index is 0.481. The highest BCUT2D eigenvalue weighted by Gasteiger charge is 2.18. The Morgan fingerprint density at radius 1 is 1.09 bits per heavy atom. The maximum absolute atomic E-state index is 4.84. The van der Waals surface area contributed by atoms with Crippen molar-refractivity contribution in [2.45, 2.75) is 6.54 Å². The van der Waals surface area contributed by atoms with Gasteiger partial charge in [0.1, 0.15) is 12.2 Å². The summed E-state index contributed by atoms with van der Waals surface area (Å²) in [7, 11) is 0. The number of H-pyrrole nitrogens is 1. The second kappa shape index (κ2) is 8.64. The number of hydrogen-bond acceptors (Lipinski definition) is 7. The second-order valence-corrected chi connectivity index (χ2v) is 7.96. The molecule has 160 valence electrons. The zero-order valence-electron chi connectivity index (χ0n) is 17.4. The lowest BCUT2D eigenvalue weighted by Crippen LogP contribution is -2.26. The third kappa shape index (κ3) is 3.74. The van der Waals surface area contributed by atoms with Crippen LogP contribution in [0.1, 0.15) is 5.82 Å². The number of rotatable bonds is 9. The summed E-state index contributed by atoms with van der Waals surface area (Å²) < 4.78 is 1.98. The molecule has 5 aromatic rings. The molecule has 0 aliphatic heterocycles. The molecule has 2 N–H and O–H groups in total. The van der Waals surface area contributed by atoms with E-state index in [4.69, 9.17) is 9.97 Å². The minimum Gasteiger partial charge on any atom is -0.361 e. The third-order valence-corrected chi connectivity index (χ3v) is 5.68. The molecule has 0 bridgehead atoms. The molecular weight excluding hydrogens is 420 g/mol. The summed E-state index contributed by atoms with van der Waals surface area (Å²) in [6, 6.07) is 10.0. The highest BCUT2D eigenvalue weighted by atomic mass is 32.1. The summed E-state index contributed by atoms with van der Waals surface area (Å²) in [5.41, 5.74) is 4.39. The molecule has 0 aliphatic carbocycles. The van der Waals surface area contributed by atoms with Crippen molar-refractivity contribution in [2.24, 2.45) is 0 Å². The average Bonchev–Trinajstić information content (AvgIpc) is 3.56. The number of benzene rings is 1. The van der Waals surface area contributed by atoms with Gasteiger partial charge in [-0.2, -0.15) is 21.3 Å². The standard InChI is InChI=1S/C23H22N8S/c1-3-10-30(11-4-2)23-28-21(24-13-19-26-17-7-5-6-8-18(17)27-19)20-22(29-23)31(15-25-20)16-9-12-32-14-16/h3-9,12,14-15H,1-2,10-11,13H2,(H,26,27)(H,24,28,29). The molecule has 0 unspecified atom stereocenters. The van der Waals surface area contributed by atoms with Crippen LogP contribution in [-0.2, 0) is 6.54 Å². The molecule has 0 amide bonds. The van der Waals surface area contributed by atoms with Crippen molar-refractivity contribution in [2.75, 3.05) is 23.3 Å². The predicted molar refractivity (Wildman–Crippen MR) is 131 cm³/mol. The number of nitrogens with one attached hydrogen (secondary N) is 2. The monoisotopic (exact) mass is 442 g/mol. The van der Waals surface area contributed by atoms with Crippen LogP contribution in [0.5, 0.6) is 0 Å². The van der Waals surface area contributed by atoms with Crippen LogP contribution >= 0.6 is 11.3 Å². The van der Waals surface area contributed by atoms with Crippen molar-refractivity contribution < 1.29 is 0 Å². The highest BCUT2D eigenvalue weighted by Crippen LogP contribution is 2.26. The van der Waals surface area contributed by atoms with E-state index in [1.54, 1.807) is 17.7 Å². The molecule has 0 spiro atoms. The maximum atomic E-state index is 4.84. The number of imidazole rings is 2. The van der Waals surface area contributed by atoms with Gasteiger partial charge in [-0.3, -0.25) is 4.57 Å². The van der Waals surface area contributed by atoms with Crippen LogP contribution in [0.3, 0.4) is 0 Å². The molecule has 0 aliphatic rings. The first-order chi connectivity index (χ1) is 15.8. The SMILES string of the molecule is C=CCN(CC=C)c1nc(NCc2nc3ccccc3[nH]2)c2ncn(-c3ccsc3)c2n1. The van der Waals surface area contributed by atoms with Gasteiger partial charge in [-0.15, -0.1) is 13.2 Å². The number of thiophene rings is 1. The second-order valence-electron chi connectivity index (χ2n) is 7.18. The fourth-order valence-electron chi connectivity index (χ4n) is 3.54. The molecule has 0 radical (unpaired) electrons. The van der Waals surface area contributed by atoms with Gasteiger partial charge in [0.05, 0.1) is 23.3 Å². The van der Waals surface area contributed by atoms with E-state index < -0.39 is 0 Å². The van der Waals surface area contributed by atoms with Gasteiger partial charge in [-0.1, -0.05) is 24.3 Å². The molecule has 0 atom stereocenters. The van der Waals surface area contributed by atoms with E-state index in [1.807, 2.05) is 57.3 Å². The minimum atomic E-state index is 0.481.